The number of ketones is 1. The van der Waals surface area contributed by atoms with Crippen molar-refractivity contribution in [1.29, 1.82) is 0 Å². The Morgan fingerprint density at radius 3 is 2.14 bits per heavy atom. The monoisotopic (exact) mass is 504 g/mol. The molecule has 0 saturated carbocycles. The van der Waals surface area contributed by atoms with Crippen molar-refractivity contribution in [2.24, 2.45) is 7.05 Å². The van der Waals surface area contributed by atoms with Crippen molar-refractivity contribution in [2.45, 2.75) is 32.6 Å². The van der Waals surface area contributed by atoms with Crippen LogP contribution in [0.2, 0.25) is 0 Å². The number of piperazine rings is 1. The number of hydrogen-bond donors (Lipinski definition) is 1. The lowest BCUT2D eigenvalue weighted by atomic mass is 10.1. The number of anilines is 1. The summed E-state index contributed by atoms with van der Waals surface area (Å²) in [5.41, 5.74) is 2.44. The zero-order valence-electron chi connectivity index (χ0n) is 20.8. The van der Waals surface area contributed by atoms with Crippen LogP contribution >= 0.6 is 0 Å². The fraction of sp³-hybridized carbons (Fsp3) is 0.458. The highest BCUT2D eigenvalue weighted by Crippen LogP contribution is 2.27. The Morgan fingerprint density at radius 1 is 1.00 bits per heavy atom. The molecule has 2 heterocycles. The molecule has 0 atom stereocenters. The molecule has 1 aliphatic rings. The third-order valence-electron chi connectivity index (χ3n) is 6.36. The number of carbonyl (C=O) groups is 3. The molecule has 1 saturated heterocycles. The number of rotatable bonds is 8. The first kappa shape index (κ1) is 26.4. The lowest BCUT2D eigenvalue weighted by molar-refractivity contribution is -0.130. The molecule has 1 N–H and O–H groups in total. The van der Waals surface area contributed by atoms with E-state index in [4.69, 9.17) is 4.74 Å². The number of sulfonamides is 1. The van der Waals surface area contributed by atoms with Gasteiger partial charge in [0.2, 0.25) is 15.9 Å². The minimum Gasteiger partial charge on any atom is -0.462 e. The second-order valence-electron chi connectivity index (χ2n) is 8.45. The van der Waals surface area contributed by atoms with Crippen molar-refractivity contribution < 1.29 is 27.5 Å². The second-order valence-corrected chi connectivity index (χ2v) is 10.2. The van der Waals surface area contributed by atoms with Gasteiger partial charge in [0, 0.05) is 55.9 Å². The molecule has 3 rings (SSSR count). The van der Waals surface area contributed by atoms with E-state index in [0.717, 1.165) is 5.69 Å². The summed E-state index contributed by atoms with van der Waals surface area (Å²) in [5.74, 6) is -1.05. The number of hydrogen-bond acceptors (Lipinski definition) is 7. The van der Waals surface area contributed by atoms with Crippen LogP contribution in [0.15, 0.2) is 29.2 Å². The van der Waals surface area contributed by atoms with Crippen molar-refractivity contribution in [3.05, 3.63) is 46.8 Å². The predicted molar refractivity (Wildman–Crippen MR) is 131 cm³/mol. The smallest absolute Gasteiger partial charge is 0.341 e. The average molecular weight is 505 g/mol. The van der Waals surface area contributed by atoms with E-state index < -0.39 is 22.5 Å². The van der Waals surface area contributed by atoms with Gasteiger partial charge in [-0.1, -0.05) is 0 Å². The Balaban J connectivity index is 1.64. The first-order chi connectivity index (χ1) is 16.5. The molecular weight excluding hydrogens is 472 g/mol. The number of ether oxygens (including phenoxy) is 1. The maximum Gasteiger partial charge on any atom is 0.341 e. The molecule has 1 amide bonds. The molecule has 190 valence electrons. The number of benzene rings is 1. The summed E-state index contributed by atoms with van der Waals surface area (Å²) in [6.07, 6.45) is 0. The van der Waals surface area contributed by atoms with Crippen LogP contribution in [-0.4, -0.2) is 74.9 Å². The maximum atomic E-state index is 13.1. The SMILES string of the molecule is CCOC(=O)c1c(S(=O)(=O)NCC(=O)N2CCN(c3ccc(C(C)=O)cc3)CC2)c(C)n(C)c1C. The first-order valence-electron chi connectivity index (χ1n) is 11.4. The molecule has 1 fully saturated rings. The number of aromatic nitrogens is 1. The normalized spacial score (nSPS) is 14.2. The Bertz CT molecular complexity index is 1230. The second kappa shape index (κ2) is 10.6. The van der Waals surface area contributed by atoms with Crippen LogP contribution in [0.3, 0.4) is 0 Å². The standard InChI is InChI=1S/C24H32N4O6S/c1-6-34-24(31)22-16(2)26(5)17(3)23(22)35(32,33)25-15-21(30)28-13-11-27(12-14-28)20-9-7-19(8-10-20)18(4)29/h7-10,25H,6,11-15H2,1-5H3. The number of esters is 1. The lowest BCUT2D eigenvalue weighted by Gasteiger charge is -2.36. The van der Waals surface area contributed by atoms with Crippen molar-refractivity contribution in [3.63, 3.8) is 0 Å². The number of nitrogens with zero attached hydrogens (tertiary/aromatic N) is 3. The van der Waals surface area contributed by atoms with Crippen molar-refractivity contribution in [2.75, 3.05) is 44.2 Å². The highest BCUT2D eigenvalue weighted by molar-refractivity contribution is 7.89. The van der Waals surface area contributed by atoms with Gasteiger partial charge in [-0.25, -0.2) is 17.9 Å². The number of amides is 1. The zero-order chi connectivity index (χ0) is 25.9. The molecule has 10 nitrogen and oxygen atoms in total. The predicted octanol–water partition coefficient (Wildman–Crippen LogP) is 1.65. The maximum absolute atomic E-state index is 13.1. The van der Waals surface area contributed by atoms with E-state index in [2.05, 4.69) is 9.62 Å². The van der Waals surface area contributed by atoms with Crippen LogP contribution in [0, 0.1) is 13.8 Å². The molecule has 1 aromatic heterocycles. The van der Waals surface area contributed by atoms with Crippen molar-refractivity contribution >= 4 is 33.4 Å². The van der Waals surface area contributed by atoms with Gasteiger partial charge in [0.25, 0.3) is 0 Å². The van der Waals surface area contributed by atoms with Gasteiger partial charge >= 0.3 is 5.97 Å². The van der Waals surface area contributed by atoms with Gasteiger partial charge in [0.1, 0.15) is 10.5 Å². The zero-order valence-corrected chi connectivity index (χ0v) is 21.6. The third-order valence-corrected chi connectivity index (χ3v) is 7.92. The van der Waals surface area contributed by atoms with Gasteiger partial charge in [0.15, 0.2) is 5.78 Å². The van der Waals surface area contributed by atoms with Crippen LogP contribution in [0.5, 0.6) is 0 Å². The van der Waals surface area contributed by atoms with Crippen molar-refractivity contribution in [3.8, 4) is 0 Å². The average Bonchev–Trinajstić information content (AvgIpc) is 3.07. The van der Waals surface area contributed by atoms with E-state index in [1.54, 1.807) is 49.4 Å². The highest BCUT2D eigenvalue weighted by atomic mass is 32.2. The van der Waals surface area contributed by atoms with Gasteiger partial charge in [-0.3, -0.25) is 9.59 Å². The summed E-state index contributed by atoms with van der Waals surface area (Å²) >= 11 is 0. The molecule has 0 spiro atoms. The van der Waals surface area contributed by atoms with Crippen LogP contribution < -0.4 is 9.62 Å². The lowest BCUT2D eigenvalue weighted by Crippen LogP contribution is -2.51. The minimum atomic E-state index is -4.14. The summed E-state index contributed by atoms with van der Waals surface area (Å²) in [7, 11) is -2.47. The topological polar surface area (TPSA) is 118 Å². The van der Waals surface area contributed by atoms with E-state index in [9.17, 15) is 22.8 Å². The van der Waals surface area contributed by atoms with Gasteiger partial charge in [0.05, 0.1) is 13.2 Å². The molecule has 35 heavy (non-hydrogen) atoms. The summed E-state index contributed by atoms with van der Waals surface area (Å²) in [6.45, 7) is 8.17. The van der Waals surface area contributed by atoms with Gasteiger partial charge in [-0.15, -0.1) is 0 Å². The summed E-state index contributed by atoms with van der Waals surface area (Å²) in [4.78, 5) is 40.2. The largest absolute Gasteiger partial charge is 0.462 e. The Morgan fingerprint density at radius 2 is 1.60 bits per heavy atom. The number of Topliss-reactive ketones (excluding diaryl/α,β-unsaturated/α-hetero) is 1. The third kappa shape index (κ3) is 5.57. The summed E-state index contributed by atoms with van der Waals surface area (Å²) < 4.78 is 35.3. The minimum absolute atomic E-state index is 0.00431. The quantitative estimate of drug-likeness (QED) is 0.429. The molecule has 0 unspecified atom stereocenters. The molecular formula is C24H32N4O6S. The van der Waals surface area contributed by atoms with Crippen LogP contribution in [0.1, 0.15) is 46.0 Å². The number of nitrogens with one attached hydrogen (secondary N) is 1. The van der Waals surface area contributed by atoms with Crippen molar-refractivity contribution in [1.82, 2.24) is 14.2 Å². The number of carbonyl (C=O) groups excluding carboxylic acids is 3. The van der Waals surface area contributed by atoms with Crippen LogP contribution in [0.4, 0.5) is 5.69 Å². The molecule has 11 heteroatoms. The van der Waals surface area contributed by atoms with Crippen LogP contribution in [-0.2, 0) is 26.6 Å². The van der Waals surface area contributed by atoms with Gasteiger partial charge < -0.3 is 19.1 Å². The van der Waals surface area contributed by atoms with Gasteiger partial charge in [-0.05, 0) is 52.0 Å². The van der Waals surface area contributed by atoms with E-state index in [-0.39, 0.29) is 28.8 Å². The van der Waals surface area contributed by atoms with E-state index in [0.29, 0.717) is 43.1 Å². The Labute approximate surface area is 205 Å². The fourth-order valence-corrected chi connectivity index (χ4v) is 5.63. The van der Waals surface area contributed by atoms with Crippen LogP contribution in [0.25, 0.3) is 0 Å². The molecule has 1 aliphatic heterocycles. The molecule has 1 aromatic carbocycles. The van der Waals surface area contributed by atoms with E-state index >= 15 is 0 Å². The Hall–Kier alpha value is -3.18. The fourth-order valence-electron chi connectivity index (χ4n) is 4.15. The van der Waals surface area contributed by atoms with E-state index in [1.165, 1.54) is 6.92 Å². The first-order valence-corrected chi connectivity index (χ1v) is 12.9. The van der Waals surface area contributed by atoms with Gasteiger partial charge in [-0.2, -0.15) is 0 Å². The Kier molecular flexibility index (Phi) is 8.01. The van der Waals surface area contributed by atoms with E-state index in [1.807, 2.05) is 12.1 Å². The molecule has 2 aromatic rings. The summed E-state index contributed by atoms with van der Waals surface area (Å²) in [5, 5.41) is 0. The molecule has 0 radical (unpaired) electrons. The molecule has 0 bridgehead atoms. The summed E-state index contributed by atoms with van der Waals surface area (Å²) in [6, 6.07) is 7.32. The highest BCUT2D eigenvalue weighted by Gasteiger charge is 2.32. The molecule has 0 aliphatic carbocycles.